The molecule has 0 radical (unpaired) electrons. The summed E-state index contributed by atoms with van der Waals surface area (Å²) in [5.74, 6) is -0.916. The van der Waals surface area contributed by atoms with Crippen LogP contribution in [0.3, 0.4) is 0 Å². The van der Waals surface area contributed by atoms with Crippen LogP contribution in [0.2, 0.25) is 5.02 Å². The molecule has 1 atom stereocenters. The number of ether oxygens (including phenoxy) is 1. The van der Waals surface area contributed by atoms with E-state index in [1.807, 2.05) is 0 Å². The molecule has 2 rings (SSSR count). The summed E-state index contributed by atoms with van der Waals surface area (Å²) in [5.41, 5.74) is -0.315. The summed E-state index contributed by atoms with van der Waals surface area (Å²) in [4.78, 5) is 30.5. The highest BCUT2D eigenvalue weighted by Gasteiger charge is 2.33. The van der Waals surface area contributed by atoms with Gasteiger partial charge in [0.2, 0.25) is 0 Å². The molecule has 2 N–H and O–H groups in total. The Labute approximate surface area is 165 Å². The van der Waals surface area contributed by atoms with Gasteiger partial charge in [0.05, 0.1) is 18.2 Å². The van der Waals surface area contributed by atoms with Crippen LogP contribution in [0.25, 0.3) is 0 Å². The van der Waals surface area contributed by atoms with Crippen molar-refractivity contribution < 1.29 is 24.3 Å². The lowest BCUT2D eigenvalue weighted by molar-refractivity contribution is -0.149. The standard InChI is InChI=1S/C17H22BrClN2O5/c1-17(2,3)25-16(24)21(26-15(23)10-4-5-20-8-10)14-7-11(19)6-13(18)12(14)9-22/h6-7,10,20,22H,4-5,8-9H2,1-3H3/t10-/m1/s1. The van der Waals surface area contributed by atoms with Gasteiger partial charge in [-0.25, -0.2) is 9.59 Å². The van der Waals surface area contributed by atoms with Crippen molar-refractivity contribution in [1.82, 2.24) is 5.32 Å². The lowest BCUT2D eigenvalue weighted by Gasteiger charge is -2.28. The minimum absolute atomic E-state index is 0.139. The third kappa shape index (κ3) is 5.33. The molecule has 144 valence electrons. The van der Waals surface area contributed by atoms with Crippen LogP contribution < -0.4 is 10.4 Å². The van der Waals surface area contributed by atoms with Crippen molar-refractivity contribution in [3.8, 4) is 0 Å². The molecule has 0 aliphatic carbocycles. The van der Waals surface area contributed by atoms with Gasteiger partial charge < -0.3 is 20.0 Å². The summed E-state index contributed by atoms with van der Waals surface area (Å²) in [6.45, 7) is 5.89. The molecule has 1 aliphatic rings. The predicted octanol–water partition coefficient (Wildman–Crippen LogP) is 3.40. The van der Waals surface area contributed by atoms with Crippen LogP contribution >= 0.6 is 27.5 Å². The molecule has 1 fully saturated rings. The van der Waals surface area contributed by atoms with Gasteiger partial charge in [0.15, 0.2) is 0 Å². The van der Waals surface area contributed by atoms with Crippen molar-refractivity contribution >= 4 is 45.3 Å². The average molecular weight is 450 g/mol. The highest BCUT2D eigenvalue weighted by Crippen LogP contribution is 2.33. The van der Waals surface area contributed by atoms with Gasteiger partial charge in [0.25, 0.3) is 0 Å². The number of carbonyl (C=O) groups is 2. The molecular weight excluding hydrogens is 428 g/mol. The van der Waals surface area contributed by atoms with Gasteiger partial charge in [-0.15, -0.1) is 5.06 Å². The summed E-state index contributed by atoms with van der Waals surface area (Å²) in [7, 11) is 0. The Morgan fingerprint density at radius 1 is 1.42 bits per heavy atom. The minimum Gasteiger partial charge on any atom is -0.441 e. The lowest BCUT2D eigenvalue weighted by Crippen LogP contribution is -2.40. The number of hydrogen-bond acceptors (Lipinski definition) is 6. The van der Waals surface area contributed by atoms with Crippen LogP contribution in [0, 0.1) is 5.92 Å². The largest absolute Gasteiger partial charge is 0.448 e. The SMILES string of the molecule is CC(C)(C)OC(=O)N(OC(=O)[C@@H]1CCNC1)c1cc(Cl)cc(Br)c1CO. The van der Waals surface area contributed by atoms with Crippen molar-refractivity contribution in [2.24, 2.45) is 5.92 Å². The fraction of sp³-hybridized carbons (Fsp3) is 0.529. The number of carbonyl (C=O) groups excluding carboxylic acids is 2. The van der Waals surface area contributed by atoms with Crippen LogP contribution in [-0.4, -0.2) is 35.9 Å². The number of aliphatic hydroxyl groups excluding tert-OH is 1. The molecule has 1 aliphatic heterocycles. The Bertz CT molecular complexity index is 686. The zero-order valence-electron chi connectivity index (χ0n) is 14.8. The van der Waals surface area contributed by atoms with E-state index in [9.17, 15) is 14.7 Å². The molecule has 1 aromatic carbocycles. The Balaban J connectivity index is 2.39. The van der Waals surface area contributed by atoms with Crippen molar-refractivity contribution in [3.05, 3.63) is 27.2 Å². The van der Waals surface area contributed by atoms with Crippen LogP contribution in [0.15, 0.2) is 16.6 Å². The molecule has 0 saturated carbocycles. The zero-order chi connectivity index (χ0) is 19.5. The highest BCUT2D eigenvalue weighted by atomic mass is 79.9. The normalized spacial score (nSPS) is 17.1. The molecule has 0 spiro atoms. The first-order valence-corrected chi connectivity index (χ1v) is 9.34. The first-order chi connectivity index (χ1) is 12.1. The number of benzene rings is 1. The third-order valence-electron chi connectivity index (χ3n) is 3.65. The number of nitrogens with zero attached hydrogens (tertiary/aromatic N) is 1. The number of rotatable bonds is 3. The second-order valence-electron chi connectivity index (χ2n) is 6.92. The van der Waals surface area contributed by atoms with Gasteiger partial charge in [0, 0.05) is 21.6 Å². The summed E-state index contributed by atoms with van der Waals surface area (Å²) in [6.07, 6.45) is -0.256. The Hall–Kier alpha value is -1.35. The van der Waals surface area contributed by atoms with E-state index in [2.05, 4.69) is 21.2 Å². The summed E-state index contributed by atoms with van der Waals surface area (Å²) >= 11 is 9.38. The van der Waals surface area contributed by atoms with E-state index in [1.165, 1.54) is 6.07 Å². The molecule has 0 bridgehead atoms. The Morgan fingerprint density at radius 2 is 2.12 bits per heavy atom. The van der Waals surface area contributed by atoms with Crippen LogP contribution in [0.5, 0.6) is 0 Å². The van der Waals surface area contributed by atoms with E-state index in [0.29, 0.717) is 34.6 Å². The minimum atomic E-state index is -0.874. The van der Waals surface area contributed by atoms with Gasteiger partial charge >= 0.3 is 12.1 Å². The summed E-state index contributed by atoms with van der Waals surface area (Å²) in [6, 6.07) is 3.01. The Kier molecular flexibility index (Phi) is 6.90. The summed E-state index contributed by atoms with van der Waals surface area (Å²) in [5, 5.41) is 13.8. The molecule has 1 heterocycles. The average Bonchev–Trinajstić information content (AvgIpc) is 3.04. The number of hydroxylamine groups is 1. The fourth-order valence-electron chi connectivity index (χ4n) is 2.44. The molecular formula is C17H22BrClN2O5. The monoisotopic (exact) mass is 448 g/mol. The molecule has 0 aromatic heterocycles. The second-order valence-corrected chi connectivity index (χ2v) is 8.21. The predicted molar refractivity (Wildman–Crippen MR) is 101 cm³/mol. The number of nitrogens with one attached hydrogen (secondary N) is 1. The number of hydrogen-bond donors (Lipinski definition) is 2. The van der Waals surface area contributed by atoms with Gasteiger partial charge in [-0.2, -0.15) is 0 Å². The van der Waals surface area contributed by atoms with E-state index >= 15 is 0 Å². The fourth-order valence-corrected chi connectivity index (χ4v) is 3.36. The molecule has 1 amide bonds. The maximum atomic E-state index is 12.7. The van der Waals surface area contributed by atoms with Crippen LogP contribution in [-0.2, 0) is 21.0 Å². The maximum absolute atomic E-state index is 12.7. The molecule has 1 saturated heterocycles. The van der Waals surface area contributed by atoms with Crippen LogP contribution in [0.1, 0.15) is 32.8 Å². The van der Waals surface area contributed by atoms with E-state index in [0.717, 1.165) is 5.06 Å². The van der Waals surface area contributed by atoms with E-state index in [1.54, 1.807) is 26.8 Å². The topological polar surface area (TPSA) is 88.1 Å². The Morgan fingerprint density at radius 3 is 2.65 bits per heavy atom. The number of aliphatic hydroxyl groups is 1. The lowest BCUT2D eigenvalue weighted by atomic mass is 10.1. The van der Waals surface area contributed by atoms with Gasteiger partial charge in [-0.05, 0) is 45.9 Å². The molecule has 9 heteroatoms. The number of amides is 1. The van der Waals surface area contributed by atoms with Crippen molar-refractivity contribution in [2.75, 3.05) is 18.2 Å². The maximum Gasteiger partial charge on any atom is 0.448 e. The third-order valence-corrected chi connectivity index (χ3v) is 4.57. The summed E-state index contributed by atoms with van der Waals surface area (Å²) < 4.78 is 5.83. The smallest absolute Gasteiger partial charge is 0.441 e. The van der Waals surface area contributed by atoms with Crippen molar-refractivity contribution in [2.45, 2.75) is 39.4 Å². The first-order valence-electron chi connectivity index (χ1n) is 8.17. The highest BCUT2D eigenvalue weighted by molar-refractivity contribution is 9.10. The van der Waals surface area contributed by atoms with Crippen LogP contribution in [0.4, 0.5) is 10.5 Å². The van der Waals surface area contributed by atoms with Gasteiger partial charge in [-0.3, -0.25) is 0 Å². The first kappa shape index (κ1) is 21.0. The quantitative estimate of drug-likeness (QED) is 0.688. The van der Waals surface area contributed by atoms with Gasteiger partial charge in [0.1, 0.15) is 5.60 Å². The number of anilines is 1. The number of halogens is 2. The van der Waals surface area contributed by atoms with Crippen molar-refractivity contribution in [1.29, 1.82) is 0 Å². The molecule has 1 aromatic rings. The van der Waals surface area contributed by atoms with Gasteiger partial charge in [-0.1, -0.05) is 27.5 Å². The molecule has 0 unspecified atom stereocenters. The zero-order valence-corrected chi connectivity index (χ0v) is 17.2. The van der Waals surface area contributed by atoms with E-state index < -0.39 is 24.3 Å². The van der Waals surface area contributed by atoms with Crippen molar-refractivity contribution in [3.63, 3.8) is 0 Å². The molecule has 7 nitrogen and oxygen atoms in total. The van der Waals surface area contributed by atoms with E-state index in [4.69, 9.17) is 21.2 Å². The second kappa shape index (κ2) is 8.56. The molecule has 26 heavy (non-hydrogen) atoms. The van der Waals surface area contributed by atoms with E-state index in [-0.39, 0.29) is 11.6 Å².